The van der Waals surface area contributed by atoms with Gasteiger partial charge in [0, 0.05) is 6.42 Å². The van der Waals surface area contributed by atoms with Crippen molar-refractivity contribution in [1.82, 2.24) is 0 Å². The summed E-state index contributed by atoms with van der Waals surface area (Å²) in [6, 6.07) is 0. The normalized spacial score (nSPS) is 13.9. The molecule has 0 aromatic carbocycles. The fourth-order valence-electron chi connectivity index (χ4n) is 4.92. The predicted molar refractivity (Wildman–Crippen MR) is 156 cm³/mol. The molecule has 35 heavy (non-hydrogen) atoms. The molecule has 0 saturated carbocycles. The fraction of sp³-hybridized carbons (Fsp3) is 0.909. The van der Waals surface area contributed by atoms with Gasteiger partial charge in [-0.2, -0.15) is 0 Å². The van der Waals surface area contributed by atoms with Gasteiger partial charge in [0.1, 0.15) is 6.61 Å². The largest absolute Gasteiger partial charge is 0.461 e. The van der Waals surface area contributed by atoms with Gasteiger partial charge in [-0.3, -0.25) is 4.79 Å². The maximum atomic E-state index is 11.9. The lowest BCUT2D eigenvalue weighted by Crippen LogP contribution is -2.04. The third-order valence-electron chi connectivity index (χ3n) is 7.55. The van der Waals surface area contributed by atoms with E-state index in [0.29, 0.717) is 13.0 Å². The number of ether oxygens (including phenoxy) is 1. The number of carbonyl (C=O) groups excluding carboxylic acids is 1. The molecule has 0 aliphatic carbocycles. The standard InChI is InChI=1S/C33H64O2/c1-7-8-9-10-11-12-13-14-15-16-26-33(34)35-28-27-32(6)25-19-24-31(5)23-18-22-30(4)21-17-20-29(2)3/h27,29-31H,7-26,28H2,1-6H3. The minimum absolute atomic E-state index is 0.0272. The van der Waals surface area contributed by atoms with Gasteiger partial charge in [-0.1, -0.05) is 143 Å². The SMILES string of the molecule is CCCCCCCCCCCCC(=O)OCC=C(C)CCCC(C)CCCC(C)CCCC(C)C. The number of allylic oxidation sites excluding steroid dienone is 1. The van der Waals surface area contributed by atoms with Crippen LogP contribution >= 0.6 is 0 Å². The second-order valence-electron chi connectivity index (χ2n) is 12.0. The maximum absolute atomic E-state index is 11.9. The first kappa shape index (κ1) is 34.2. The van der Waals surface area contributed by atoms with Gasteiger partial charge >= 0.3 is 5.97 Å². The summed E-state index contributed by atoms with van der Waals surface area (Å²) in [5.74, 6) is 2.53. The summed E-state index contributed by atoms with van der Waals surface area (Å²) in [5.41, 5.74) is 1.36. The molecule has 2 unspecified atom stereocenters. The Labute approximate surface area is 221 Å². The molecule has 208 valence electrons. The summed E-state index contributed by atoms with van der Waals surface area (Å²) in [6.45, 7) is 14.4. The van der Waals surface area contributed by atoms with Crippen LogP contribution in [0.1, 0.15) is 170 Å². The summed E-state index contributed by atoms with van der Waals surface area (Å²) < 4.78 is 5.42. The monoisotopic (exact) mass is 492 g/mol. The molecule has 0 aliphatic heterocycles. The molecule has 0 aliphatic rings. The van der Waals surface area contributed by atoms with Gasteiger partial charge in [-0.15, -0.1) is 0 Å². The summed E-state index contributed by atoms with van der Waals surface area (Å²) >= 11 is 0. The highest BCUT2D eigenvalue weighted by Crippen LogP contribution is 2.22. The Morgan fingerprint density at radius 2 is 1.11 bits per heavy atom. The molecule has 2 heteroatoms. The van der Waals surface area contributed by atoms with Crippen LogP contribution in [0.5, 0.6) is 0 Å². The third-order valence-corrected chi connectivity index (χ3v) is 7.55. The second kappa shape index (κ2) is 24.9. The number of carbonyl (C=O) groups is 1. The van der Waals surface area contributed by atoms with Crippen molar-refractivity contribution in [2.45, 2.75) is 170 Å². The van der Waals surface area contributed by atoms with E-state index in [1.165, 1.54) is 108 Å². The molecular weight excluding hydrogens is 428 g/mol. The van der Waals surface area contributed by atoms with Crippen molar-refractivity contribution in [2.75, 3.05) is 6.61 Å². The Bertz CT molecular complexity index is 493. The Morgan fingerprint density at radius 1 is 0.629 bits per heavy atom. The number of esters is 1. The van der Waals surface area contributed by atoms with E-state index in [0.717, 1.165) is 37.0 Å². The highest BCUT2D eigenvalue weighted by Gasteiger charge is 2.07. The first-order valence-electron chi connectivity index (χ1n) is 15.7. The highest BCUT2D eigenvalue weighted by atomic mass is 16.5. The number of unbranched alkanes of at least 4 members (excludes halogenated alkanes) is 9. The summed E-state index contributed by atoms with van der Waals surface area (Å²) in [5, 5.41) is 0. The Morgan fingerprint density at radius 3 is 1.66 bits per heavy atom. The molecule has 0 aromatic rings. The van der Waals surface area contributed by atoms with E-state index in [9.17, 15) is 4.79 Å². The van der Waals surface area contributed by atoms with Crippen LogP contribution in [0.3, 0.4) is 0 Å². The van der Waals surface area contributed by atoms with Crippen LogP contribution in [-0.2, 0) is 9.53 Å². The minimum Gasteiger partial charge on any atom is -0.461 e. The second-order valence-corrected chi connectivity index (χ2v) is 12.0. The van der Waals surface area contributed by atoms with Crippen molar-refractivity contribution in [3.8, 4) is 0 Å². The zero-order chi connectivity index (χ0) is 26.2. The van der Waals surface area contributed by atoms with Crippen molar-refractivity contribution in [3.05, 3.63) is 11.6 Å². The molecule has 0 rings (SSSR count). The molecule has 2 atom stereocenters. The molecule has 0 N–H and O–H groups in total. The predicted octanol–water partition coefficient (Wildman–Crippen LogP) is 11.2. The number of hydrogen-bond acceptors (Lipinski definition) is 2. The van der Waals surface area contributed by atoms with Crippen LogP contribution in [0.15, 0.2) is 11.6 Å². The van der Waals surface area contributed by atoms with Gasteiger partial charge in [0.25, 0.3) is 0 Å². The van der Waals surface area contributed by atoms with Crippen LogP contribution in [0.25, 0.3) is 0 Å². The van der Waals surface area contributed by atoms with Gasteiger partial charge in [0.05, 0.1) is 0 Å². The first-order valence-corrected chi connectivity index (χ1v) is 15.7. The topological polar surface area (TPSA) is 26.3 Å². The third kappa shape index (κ3) is 26.1. The maximum Gasteiger partial charge on any atom is 0.306 e. The van der Waals surface area contributed by atoms with E-state index < -0.39 is 0 Å². The quantitative estimate of drug-likeness (QED) is 0.0719. The molecule has 0 bridgehead atoms. The van der Waals surface area contributed by atoms with Crippen molar-refractivity contribution < 1.29 is 9.53 Å². The molecular formula is C33H64O2. The van der Waals surface area contributed by atoms with Gasteiger partial charge in [0.2, 0.25) is 0 Å². The van der Waals surface area contributed by atoms with Crippen molar-refractivity contribution >= 4 is 5.97 Å². The molecule has 0 saturated heterocycles. The zero-order valence-electron chi connectivity index (χ0n) is 25.0. The molecule has 0 fully saturated rings. The van der Waals surface area contributed by atoms with E-state index >= 15 is 0 Å². The fourth-order valence-corrected chi connectivity index (χ4v) is 4.92. The van der Waals surface area contributed by atoms with E-state index in [-0.39, 0.29) is 5.97 Å². The molecule has 0 amide bonds. The van der Waals surface area contributed by atoms with Crippen LogP contribution in [0.2, 0.25) is 0 Å². The van der Waals surface area contributed by atoms with Crippen LogP contribution in [-0.4, -0.2) is 12.6 Å². The molecule has 0 spiro atoms. The molecule has 2 nitrogen and oxygen atoms in total. The van der Waals surface area contributed by atoms with Crippen molar-refractivity contribution in [3.63, 3.8) is 0 Å². The number of hydrogen-bond donors (Lipinski definition) is 0. The summed E-state index contributed by atoms with van der Waals surface area (Å²) in [4.78, 5) is 11.9. The van der Waals surface area contributed by atoms with Crippen molar-refractivity contribution in [2.24, 2.45) is 17.8 Å². The van der Waals surface area contributed by atoms with E-state index in [2.05, 4.69) is 47.6 Å². The molecule has 0 heterocycles. The zero-order valence-corrected chi connectivity index (χ0v) is 25.0. The smallest absolute Gasteiger partial charge is 0.306 e. The molecule has 0 radical (unpaired) electrons. The highest BCUT2D eigenvalue weighted by molar-refractivity contribution is 5.69. The minimum atomic E-state index is -0.0272. The van der Waals surface area contributed by atoms with E-state index in [1.54, 1.807) is 0 Å². The average molecular weight is 493 g/mol. The lowest BCUT2D eigenvalue weighted by molar-refractivity contribution is -0.142. The van der Waals surface area contributed by atoms with E-state index in [4.69, 9.17) is 4.74 Å². The molecule has 0 aromatic heterocycles. The Kier molecular flexibility index (Phi) is 24.3. The number of rotatable bonds is 25. The Balaban J connectivity index is 3.60. The Hall–Kier alpha value is -0.790. The summed E-state index contributed by atoms with van der Waals surface area (Å²) in [7, 11) is 0. The van der Waals surface area contributed by atoms with Crippen LogP contribution in [0.4, 0.5) is 0 Å². The van der Waals surface area contributed by atoms with E-state index in [1.807, 2.05) is 0 Å². The van der Waals surface area contributed by atoms with Crippen LogP contribution in [0, 0.1) is 17.8 Å². The van der Waals surface area contributed by atoms with Crippen molar-refractivity contribution in [1.29, 1.82) is 0 Å². The lowest BCUT2D eigenvalue weighted by Gasteiger charge is -2.15. The first-order chi connectivity index (χ1) is 16.8. The summed E-state index contributed by atoms with van der Waals surface area (Å²) in [6.07, 6.45) is 27.7. The lowest BCUT2D eigenvalue weighted by atomic mass is 9.91. The average Bonchev–Trinajstić information content (AvgIpc) is 2.80. The van der Waals surface area contributed by atoms with Gasteiger partial charge in [-0.05, 0) is 50.0 Å². The van der Waals surface area contributed by atoms with Gasteiger partial charge in [-0.25, -0.2) is 0 Å². The van der Waals surface area contributed by atoms with Crippen LogP contribution < -0.4 is 0 Å². The van der Waals surface area contributed by atoms with Gasteiger partial charge in [0.15, 0.2) is 0 Å². The van der Waals surface area contributed by atoms with Gasteiger partial charge < -0.3 is 4.74 Å².